The Morgan fingerprint density at radius 3 is 2.25 bits per heavy atom. The van der Waals surface area contributed by atoms with Crippen LogP contribution < -0.4 is 14.8 Å². The number of rotatable bonds is 7. The lowest BCUT2D eigenvalue weighted by molar-refractivity contribution is -0.179. The molecule has 0 aromatic heterocycles. The molecule has 0 aliphatic carbocycles. The Hall–Kier alpha value is -6.65. The van der Waals surface area contributed by atoms with Gasteiger partial charge >= 0.3 is 5.97 Å². The van der Waals surface area contributed by atoms with Crippen molar-refractivity contribution in [3.8, 4) is 29.1 Å². The molecule has 0 radical (unpaired) electrons. The Morgan fingerprint density at radius 1 is 0.787 bits per heavy atom. The van der Waals surface area contributed by atoms with E-state index in [1.54, 1.807) is 35.2 Å². The normalized spacial score (nSPS) is 25.3. The topological polar surface area (TPSA) is 141 Å². The monoisotopic (exact) mass is 816 g/mol. The number of nitrogens with one attached hydrogen (secondary N) is 1. The predicted octanol–water partition coefficient (Wildman–Crippen LogP) is 5.47. The number of morpholine rings is 1. The predicted molar refractivity (Wildman–Crippen MR) is 224 cm³/mol. The number of amides is 2. The Bertz CT molecular complexity index is 2550. The van der Waals surface area contributed by atoms with Crippen molar-refractivity contribution >= 4 is 23.5 Å². The van der Waals surface area contributed by atoms with Gasteiger partial charge in [0.25, 0.3) is 0 Å². The highest BCUT2D eigenvalue weighted by molar-refractivity contribution is 6.12. The van der Waals surface area contributed by atoms with Gasteiger partial charge in [-0.15, -0.1) is 0 Å². The summed E-state index contributed by atoms with van der Waals surface area (Å²) in [5.74, 6) is 5.05. The number of benzene rings is 5. The molecule has 0 bridgehead atoms. The van der Waals surface area contributed by atoms with Crippen LogP contribution in [0.15, 0.2) is 121 Å². The van der Waals surface area contributed by atoms with Crippen molar-refractivity contribution in [3.05, 3.63) is 155 Å². The van der Waals surface area contributed by atoms with Crippen molar-refractivity contribution in [2.24, 2.45) is 5.92 Å². The number of cyclic esters (lactones) is 1. The first-order chi connectivity index (χ1) is 29.8. The molecule has 2 amide bonds. The number of phenols is 1. The maximum Gasteiger partial charge on any atom is 0.324 e. The summed E-state index contributed by atoms with van der Waals surface area (Å²) in [7, 11) is 0. The van der Waals surface area contributed by atoms with E-state index in [0.29, 0.717) is 60.9 Å². The van der Waals surface area contributed by atoms with Gasteiger partial charge < -0.3 is 34.6 Å². The Balaban J connectivity index is 1.13. The van der Waals surface area contributed by atoms with Crippen molar-refractivity contribution < 1.29 is 38.8 Å². The molecule has 5 aliphatic rings. The summed E-state index contributed by atoms with van der Waals surface area (Å²) in [6.07, 6.45) is -0.532. The summed E-state index contributed by atoms with van der Waals surface area (Å²) in [5.41, 5.74) is 3.35. The van der Waals surface area contributed by atoms with Crippen molar-refractivity contribution in [2.75, 3.05) is 44.9 Å². The van der Waals surface area contributed by atoms with Crippen LogP contribution in [0.5, 0.6) is 17.2 Å². The first-order valence-electron chi connectivity index (χ1n) is 20.7. The lowest BCUT2D eigenvalue weighted by Crippen LogP contribution is -2.58. The second-order valence-corrected chi connectivity index (χ2v) is 16.1. The van der Waals surface area contributed by atoms with Crippen molar-refractivity contribution in [3.63, 3.8) is 0 Å². The summed E-state index contributed by atoms with van der Waals surface area (Å²) in [6.45, 7) is 2.62. The number of nitrogens with zero attached hydrogens (tertiary/aromatic N) is 3. The zero-order valence-corrected chi connectivity index (χ0v) is 33.3. The molecule has 0 unspecified atom stereocenters. The maximum atomic E-state index is 15.8. The van der Waals surface area contributed by atoms with E-state index in [1.807, 2.05) is 91.0 Å². The summed E-state index contributed by atoms with van der Waals surface area (Å²) < 4.78 is 17.7. The first kappa shape index (κ1) is 38.5. The van der Waals surface area contributed by atoms with E-state index >= 15 is 14.4 Å². The molecule has 3 saturated heterocycles. The Labute approximate surface area is 353 Å². The largest absolute Gasteiger partial charge is 0.508 e. The number of esters is 1. The highest BCUT2D eigenvalue weighted by atomic mass is 16.7. The zero-order chi connectivity index (χ0) is 41.7. The van der Waals surface area contributed by atoms with E-state index in [2.05, 4.69) is 27.0 Å². The summed E-state index contributed by atoms with van der Waals surface area (Å²) in [5, 5.41) is 23.2. The molecule has 10 rings (SSSR count). The number of hydrogen-bond donors (Lipinski definition) is 3. The van der Waals surface area contributed by atoms with Gasteiger partial charge in [0.05, 0.1) is 24.6 Å². The van der Waals surface area contributed by atoms with E-state index in [0.717, 1.165) is 22.4 Å². The van der Waals surface area contributed by atoms with Crippen LogP contribution >= 0.6 is 0 Å². The standard InChI is InChI=1S/C49H44N4O8/c54-26-8-7-9-31-14-20-38-37(27-31)49(48(58)50-38)41(46(56)52-24-22-51(23-25-52)29-32-15-21-39-40(28-32)60-30-59-39)43-47(57)61-44(34-12-5-2-6-13-34)42(33-10-3-1-4-11-33)53(43)45(49)35-16-18-36(55)19-17-35/h1-6,10-21,27-28,41-45,54-55H,8,22-26,29-30H2,(H,50,58)/t41-,42-,43-,44+,45+,49-/m1/s1. The average molecular weight is 817 g/mol. The zero-order valence-electron chi connectivity index (χ0n) is 33.3. The van der Waals surface area contributed by atoms with Gasteiger partial charge in [-0.3, -0.25) is 24.2 Å². The summed E-state index contributed by atoms with van der Waals surface area (Å²) in [6, 6.07) is 34.7. The van der Waals surface area contributed by atoms with Crippen LogP contribution in [-0.2, 0) is 31.1 Å². The molecule has 12 heteroatoms. The number of carbonyl (C=O) groups is 3. The fraction of sp³-hybridized carbons (Fsp3) is 0.286. The van der Waals surface area contributed by atoms with Crippen LogP contribution in [0.25, 0.3) is 0 Å². The molecule has 308 valence electrons. The van der Waals surface area contributed by atoms with Crippen molar-refractivity contribution in [1.29, 1.82) is 0 Å². The van der Waals surface area contributed by atoms with Gasteiger partial charge in [-0.05, 0) is 70.3 Å². The molecular formula is C49H44N4O8. The number of aliphatic hydroxyl groups is 1. The van der Waals surface area contributed by atoms with Gasteiger partial charge in [0.15, 0.2) is 11.5 Å². The van der Waals surface area contributed by atoms with Crippen LogP contribution in [0.4, 0.5) is 5.69 Å². The molecule has 5 aliphatic heterocycles. The number of phenolic OH excluding ortho intramolecular Hbond substituents is 1. The fourth-order valence-electron chi connectivity index (χ4n) is 10.1. The quantitative estimate of drug-likeness (QED) is 0.143. The molecule has 5 heterocycles. The van der Waals surface area contributed by atoms with E-state index in [9.17, 15) is 10.2 Å². The molecule has 5 aromatic rings. The number of anilines is 1. The third-order valence-corrected chi connectivity index (χ3v) is 12.8. The molecular weight excluding hydrogens is 773 g/mol. The average Bonchev–Trinajstić information content (AvgIpc) is 3.97. The summed E-state index contributed by atoms with van der Waals surface area (Å²) >= 11 is 0. The van der Waals surface area contributed by atoms with E-state index < -0.39 is 47.4 Å². The van der Waals surface area contributed by atoms with Crippen LogP contribution in [0.3, 0.4) is 0 Å². The van der Waals surface area contributed by atoms with Crippen LogP contribution in [0.1, 0.15) is 58.0 Å². The van der Waals surface area contributed by atoms with Gasteiger partial charge in [-0.25, -0.2) is 0 Å². The molecule has 3 N–H and O–H groups in total. The highest BCUT2D eigenvalue weighted by Crippen LogP contribution is 2.65. The summed E-state index contributed by atoms with van der Waals surface area (Å²) in [4.78, 5) is 52.5. The third-order valence-electron chi connectivity index (χ3n) is 12.8. The van der Waals surface area contributed by atoms with E-state index in [4.69, 9.17) is 14.2 Å². The molecule has 5 aromatic carbocycles. The minimum atomic E-state index is -1.66. The van der Waals surface area contributed by atoms with Crippen LogP contribution in [-0.4, -0.2) is 88.3 Å². The second kappa shape index (κ2) is 15.7. The molecule has 0 saturated carbocycles. The Kier molecular flexibility index (Phi) is 9.95. The van der Waals surface area contributed by atoms with Gasteiger partial charge in [0.1, 0.15) is 23.3 Å². The van der Waals surface area contributed by atoms with Gasteiger partial charge in [0, 0.05) is 50.4 Å². The number of aromatic hydroxyl groups is 1. The van der Waals surface area contributed by atoms with Gasteiger partial charge in [0.2, 0.25) is 18.6 Å². The molecule has 1 spiro atoms. The van der Waals surface area contributed by atoms with Crippen molar-refractivity contribution in [1.82, 2.24) is 14.7 Å². The third kappa shape index (κ3) is 6.57. The van der Waals surface area contributed by atoms with Crippen molar-refractivity contribution in [2.45, 2.75) is 42.6 Å². The fourth-order valence-corrected chi connectivity index (χ4v) is 10.1. The minimum absolute atomic E-state index is 0.0381. The first-order valence-corrected chi connectivity index (χ1v) is 20.7. The number of hydrogen-bond acceptors (Lipinski definition) is 10. The van der Waals surface area contributed by atoms with Gasteiger partial charge in [-0.2, -0.15) is 0 Å². The number of carbonyl (C=O) groups excluding carboxylic acids is 3. The molecule has 61 heavy (non-hydrogen) atoms. The number of piperazine rings is 1. The van der Waals surface area contributed by atoms with Crippen LogP contribution in [0, 0.1) is 17.8 Å². The van der Waals surface area contributed by atoms with E-state index in [1.165, 1.54) is 0 Å². The minimum Gasteiger partial charge on any atom is -0.508 e. The number of fused-ring (bicyclic) bond motifs is 4. The van der Waals surface area contributed by atoms with Gasteiger partial charge in [-0.1, -0.05) is 90.7 Å². The number of ether oxygens (including phenoxy) is 3. The molecule has 12 nitrogen and oxygen atoms in total. The maximum absolute atomic E-state index is 15.8. The number of aliphatic hydroxyl groups excluding tert-OH is 1. The molecule has 3 fully saturated rings. The second-order valence-electron chi connectivity index (χ2n) is 16.1. The molecule has 6 atom stereocenters. The Morgan fingerprint density at radius 2 is 1.51 bits per heavy atom. The van der Waals surface area contributed by atoms with E-state index in [-0.39, 0.29) is 31.5 Å². The van der Waals surface area contributed by atoms with Crippen LogP contribution in [0.2, 0.25) is 0 Å². The smallest absolute Gasteiger partial charge is 0.324 e. The lowest BCUT2D eigenvalue weighted by Gasteiger charge is -2.46. The highest BCUT2D eigenvalue weighted by Gasteiger charge is 2.74. The SMILES string of the molecule is O=C1O[C@@H](c2ccccc2)[C@@H](c2ccccc2)N2[C@@H](c3ccc(O)cc3)[C@]3(C(=O)Nc4ccc(C#CCCO)cc43)[C@@H](C(=O)N3CCN(Cc4ccc5c(c4)OCO5)CC3)[C@H]12. The lowest BCUT2D eigenvalue weighted by atomic mass is 9.65.